The lowest BCUT2D eigenvalue weighted by Crippen LogP contribution is -2.23. The number of carbonyl (C=O) groups is 2. The van der Waals surface area contributed by atoms with E-state index < -0.39 is 5.91 Å². The van der Waals surface area contributed by atoms with Crippen molar-refractivity contribution in [2.24, 2.45) is 5.73 Å². The second-order valence-corrected chi connectivity index (χ2v) is 7.25. The van der Waals surface area contributed by atoms with E-state index in [1.54, 1.807) is 0 Å². The Bertz CT molecular complexity index is 1070. The molecule has 166 valence electrons. The van der Waals surface area contributed by atoms with Gasteiger partial charge in [0, 0.05) is 12.1 Å². The lowest BCUT2D eigenvalue weighted by Gasteiger charge is -2.13. The van der Waals surface area contributed by atoms with Crippen molar-refractivity contribution in [3.63, 3.8) is 0 Å². The molecule has 7 nitrogen and oxygen atoms in total. The van der Waals surface area contributed by atoms with E-state index in [4.69, 9.17) is 31.5 Å². The first-order valence-electron chi connectivity index (χ1n) is 9.78. The van der Waals surface area contributed by atoms with E-state index >= 15 is 0 Å². The summed E-state index contributed by atoms with van der Waals surface area (Å²) in [6.07, 6.45) is 0. The van der Waals surface area contributed by atoms with Gasteiger partial charge >= 0.3 is 0 Å². The number of halogens is 1. The van der Waals surface area contributed by atoms with Crippen LogP contribution in [0, 0.1) is 0 Å². The van der Waals surface area contributed by atoms with Gasteiger partial charge in [0.2, 0.25) is 0 Å². The summed E-state index contributed by atoms with van der Waals surface area (Å²) in [6.45, 7) is 0.447. The summed E-state index contributed by atoms with van der Waals surface area (Å²) in [5.74, 6) is 0.129. The molecule has 0 spiro atoms. The molecule has 0 fully saturated rings. The van der Waals surface area contributed by atoms with Crippen LogP contribution < -0.4 is 25.3 Å². The number of hydrogen-bond acceptors (Lipinski definition) is 5. The first-order chi connectivity index (χ1) is 15.5. The van der Waals surface area contributed by atoms with E-state index in [0.717, 1.165) is 16.9 Å². The predicted octanol–water partition coefficient (Wildman–Crippen LogP) is 3.72. The Kier molecular flexibility index (Phi) is 7.94. The topological polar surface area (TPSA) is 99.9 Å². The zero-order chi connectivity index (χ0) is 22.9. The summed E-state index contributed by atoms with van der Waals surface area (Å²) in [4.78, 5) is 23.5. The first-order valence-corrected chi connectivity index (χ1v) is 10.2. The van der Waals surface area contributed by atoms with Gasteiger partial charge < -0.3 is 25.3 Å². The molecule has 0 saturated carbocycles. The van der Waals surface area contributed by atoms with Crippen LogP contribution in [0.3, 0.4) is 0 Å². The largest absolute Gasteiger partial charge is 0.493 e. The number of ether oxygens (including phenoxy) is 3. The second kappa shape index (κ2) is 11.1. The average Bonchev–Trinajstić information content (AvgIpc) is 2.81. The monoisotopic (exact) mass is 454 g/mol. The highest BCUT2D eigenvalue weighted by atomic mass is 35.5. The highest BCUT2D eigenvalue weighted by Crippen LogP contribution is 2.36. The van der Waals surface area contributed by atoms with Crippen molar-refractivity contribution in [2.75, 3.05) is 13.7 Å². The van der Waals surface area contributed by atoms with Crippen LogP contribution in [-0.2, 0) is 17.9 Å². The molecule has 2 amide bonds. The van der Waals surface area contributed by atoms with Gasteiger partial charge in [-0.1, -0.05) is 54.1 Å². The third-order valence-corrected chi connectivity index (χ3v) is 4.76. The summed E-state index contributed by atoms with van der Waals surface area (Å²) in [5, 5.41) is 2.97. The van der Waals surface area contributed by atoms with Crippen molar-refractivity contribution < 1.29 is 23.8 Å². The fourth-order valence-electron chi connectivity index (χ4n) is 2.86. The highest BCUT2D eigenvalue weighted by molar-refractivity contribution is 6.32. The van der Waals surface area contributed by atoms with E-state index in [1.807, 2.05) is 54.6 Å². The van der Waals surface area contributed by atoms with Gasteiger partial charge in [-0.05, 0) is 35.4 Å². The van der Waals surface area contributed by atoms with Crippen molar-refractivity contribution in [3.8, 4) is 17.2 Å². The second-order valence-electron chi connectivity index (χ2n) is 6.85. The van der Waals surface area contributed by atoms with Crippen LogP contribution in [0.5, 0.6) is 17.2 Å². The number of benzene rings is 3. The predicted molar refractivity (Wildman–Crippen MR) is 121 cm³/mol. The Hall–Kier alpha value is -3.71. The molecule has 3 rings (SSSR count). The van der Waals surface area contributed by atoms with Gasteiger partial charge in [-0.2, -0.15) is 0 Å². The van der Waals surface area contributed by atoms with Gasteiger partial charge in [0.15, 0.2) is 18.1 Å². The van der Waals surface area contributed by atoms with Crippen LogP contribution >= 0.6 is 11.6 Å². The number of amides is 2. The third-order valence-electron chi connectivity index (χ3n) is 4.48. The lowest BCUT2D eigenvalue weighted by atomic mass is 10.1. The fraction of sp³-hybridized carbons (Fsp3) is 0.167. The number of carbonyl (C=O) groups excluding carboxylic acids is 2. The SMILES string of the molecule is COc1cc(C(=O)NCc2ccc(OCc3ccccc3)cc2)cc(Cl)c1OCC(N)=O. The van der Waals surface area contributed by atoms with Crippen LogP contribution in [0.4, 0.5) is 0 Å². The summed E-state index contributed by atoms with van der Waals surface area (Å²) < 4.78 is 16.3. The van der Waals surface area contributed by atoms with Gasteiger partial charge in [0.05, 0.1) is 12.1 Å². The van der Waals surface area contributed by atoms with E-state index in [9.17, 15) is 9.59 Å². The number of rotatable bonds is 10. The summed E-state index contributed by atoms with van der Waals surface area (Å²) in [6, 6.07) is 20.3. The van der Waals surface area contributed by atoms with E-state index in [-0.39, 0.29) is 29.0 Å². The number of methoxy groups -OCH3 is 1. The first kappa shape index (κ1) is 23.0. The van der Waals surface area contributed by atoms with E-state index in [2.05, 4.69) is 5.32 Å². The van der Waals surface area contributed by atoms with Crippen molar-refractivity contribution in [2.45, 2.75) is 13.2 Å². The van der Waals surface area contributed by atoms with Gasteiger partial charge in [0.25, 0.3) is 11.8 Å². The number of nitrogens with two attached hydrogens (primary N) is 1. The van der Waals surface area contributed by atoms with E-state index in [0.29, 0.717) is 18.7 Å². The maximum atomic E-state index is 12.6. The molecular weight excluding hydrogens is 432 g/mol. The molecule has 0 aliphatic carbocycles. The molecule has 3 aromatic rings. The molecule has 3 N–H and O–H groups in total. The molecule has 0 radical (unpaired) electrons. The van der Waals surface area contributed by atoms with Crippen LogP contribution in [0.1, 0.15) is 21.5 Å². The van der Waals surface area contributed by atoms with Crippen LogP contribution in [0.15, 0.2) is 66.7 Å². The molecular formula is C24H23ClN2O5. The summed E-state index contributed by atoms with van der Waals surface area (Å²) in [5.41, 5.74) is 7.37. The van der Waals surface area contributed by atoms with Crippen LogP contribution in [0.25, 0.3) is 0 Å². The number of hydrogen-bond donors (Lipinski definition) is 2. The third kappa shape index (κ3) is 6.39. The van der Waals surface area contributed by atoms with Crippen molar-refractivity contribution in [3.05, 3.63) is 88.4 Å². The van der Waals surface area contributed by atoms with Gasteiger partial charge in [0.1, 0.15) is 12.4 Å². The lowest BCUT2D eigenvalue weighted by molar-refractivity contribution is -0.119. The fourth-order valence-corrected chi connectivity index (χ4v) is 3.13. The minimum atomic E-state index is -0.651. The minimum Gasteiger partial charge on any atom is -0.493 e. The maximum Gasteiger partial charge on any atom is 0.255 e. The minimum absolute atomic E-state index is 0.135. The Labute approximate surface area is 191 Å². The van der Waals surface area contributed by atoms with Gasteiger partial charge in [-0.25, -0.2) is 0 Å². The molecule has 3 aromatic carbocycles. The molecule has 0 aromatic heterocycles. The summed E-state index contributed by atoms with van der Waals surface area (Å²) in [7, 11) is 1.41. The molecule has 8 heteroatoms. The number of primary amides is 1. The van der Waals surface area contributed by atoms with Crippen LogP contribution in [-0.4, -0.2) is 25.5 Å². The molecule has 0 aliphatic rings. The molecule has 0 atom stereocenters. The molecule has 0 saturated heterocycles. The van der Waals surface area contributed by atoms with Crippen molar-refractivity contribution in [1.82, 2.24) is 5.32 Å². The Morgan fingerprint density at radius 2 is 1.69 bits per heavy atom. The Morgan fingerprint density at radius 1 is 0.969 bits per heavy atom. The highest BCUT2D eigenvalue weighted by Gasteiger charge is 2.16. The van der Waals surface area contributed by atoms with Crippen molar-refractivity contribution in [1.29, 1.82) is 0 Å². The quantitative estimate of drug-likeness (QED) is 0.486. The van der Waals surface area contributed by atoms with Gasteiger partial charge in [-0.15, -0.1) is 0 Å². The smallest absolute Gasteiger partial charge is 0.255 e. The normalized spacial score (nSPS) is 10.3. The van der Waals surface area contributed by atoms with Crippen molar-refractivity contribution >= 4 is 23.4 Å². The molecule has 0 heterocycles. The van der Waals surface area contributed by atoms with Gasteiger partial charge in [-0.3, -0.25) is 9.59 Å². The summed E-state index contributed by atoms with van der Waals surface area (Å²) >= 11 is 6.20. The zero-order valence-electron chi connectivity index (χ0n) is 17.5. The average molecular weight is 455 g/mol. The maximum absolute atomic E-state index is 12.6. The molecule has 0 aliphatic heterocycles. The molecule has 0 unspecified atom stereocenters. The van der Waals surface area contributed by atoms with E-state index in [1.165, 1.54) is 19.2 Å². The zero-order valence-corrected chi connectivity index (χ0v) is 18.2. The molecule has 0 bridgehead atoms. The van der Waals surface area contributed by atoms with Crippen LogP contribution in [0.2, 0.25) is 5.02 Å². The Morgan fingerprint density at radius 3 is 2.34 bits per heavy atom. The standard InChI is InChI=1S/C24H23ClN2O5/c1-30-21-12-18(11-20(25)23(21)32-15-22(26)28)24(29)27-13-16-7-9-19(10-8-16)31-14-17-5-3-2-4-6-17/h2-12H,13-15H2,1H3,(H2,26,28)(H,27,29). The number of nitrogens with one attached hydrogen (secondary N) is 1. The Balaban J connectivity index is 1.57. The molecule has 32 heavy (non-hydrogen) atoms.